The lowest BCUT2D eigenvalue weighted by Gasteiger charge is -2.10. The number of ether oxygens (including phenoxy) is 1. The Bertz CT molecular complexity index is 989. The van der Waals surface area contributed by atoms with Gasteiger partial charge in [-0.15, -0.1) is 0 Å². The predicted octanol–water partition coefficient (Wildman–Crippen LogP) is 3.44. The van der Waals surface area contributed by atoms with Crippen LogP contribution in [0.4, 0.5) is 0 Å². The van der Waals surface area contributed by atoms with Gasteiger partial charge in [-0.25, -0.2) is 4.98 Å². The molecule has 0 aliphatic heterocycles. The lowest BCUT2D eigenvalue weighted by molar-refractivity contribution is 0.0943. The first kappa shape index (κ1) is 16.0. The minimum atomic E-state index is -0.216. The van der Waals surface area contributed by atoms with Crippen molar-refractivity contribution in [1.82, 2.24) is 14.7 Å². The summed E-state index contributed by atoms with van der Waals surface area (Å²) in [6, 6.07) is 16.6. The second kappa shape index (κ2) is 7.14. The Kier molecular flexibility index (Phi) is 4.38. The molecule has 3 aromatic heterocycles. The number of benzene rings is 1. The average molecular weight is 347 g/mol. The SMILES string of the molecule is O=C(NCc1ccco1)c1ccccc1OCc1cn2ccccc2n1. The van der Waals surface area contributed by atoms with Crippen molar-refractivity contribution in [3.63, 3.8) is 0 Å². The molecule has 1 amide bonds. The van der Waals surface area contributed by atoms with E-state index in [1.54, 1.807) is 30.5 Å². The van der Waals surface area contributed by atoms with E-state index in [2.05, 4.69) is 10.3 Å². The zero-order chi connectivity index (χ0) is 17.8. The van der Waals surface area contributed by atoms with E-state index in [-0.39, 0.29) is 12.5 Å². The third-order valence-electron chi connectivity index (χ3n) is 3.92. The highest BCUT2D eigenvalue weighted by Gasteiger charge is 2.13. The molecule has 0 aliphatic rings. The van der Waals surface area contributed by atoms with Gasteiger partial charge < -0.3 is 18.9 Å². The van der Waals surface area contributed by atoms with Gasteiger partial charge in [0.1, 0.15) is 23.8 Å². The Balaban J connectivity index is 1.45. The van der Waals surface area contributed by atoms with E-state index in [1.807, 2.05) is 47.1 Å². The normalized spacial score (nSPS) is 10.8. The summed E-state index contributed by atoms with van der Waals surface area (Å²) in [6.45, 7) is 0.608. The number of nitrogens with zero attached hydrogens (tertiary/aromatic N) is 2. The number of furan rings is 1. The molecule has 6 nitrogen and oxygen atoms in total. The largest absolute Gasteiger partial charge is 0.486 e. The molecule has 0 bridgehead atoms. The molecule has 4 rings (SSSR count). The maximum absolute atomic E-state index is 12.5. The van der Waals surface area contributed by atoms with E-state index in [0.717, 1.165) is 11.3 Å². The van der Waals surface area contributed by atoms with Gasteiger partial charge in [0, 0.05) is 12.4 Å². The van der Waals surface area contributed by atoms with Gasteiger partial charge in [0.2, 0.25) is 0 Å². The Labute approximate surface area is 150 Å². The molecule has 1 N–H and O–H groups in total. The Morgan fingerprint density at radius 2 is 2.00 bits per heavy atom. The van der Waals surface area contributed by atoms with Crippen LogP contribution in [0.15, 0.2) is 77.7 Å². The zero-order valence-electron chi connectivity index (χ0n) is 14.0. The number of hydrogen-bond acceptors (Lipinski definition) is 4. The van der Waals surface area contributed by atoms with Crippen LogP contribution in [0.25, 0.3) is 5.65 Å². The van der Waals surface area contributed by atoms with Crippen LogP contribution in [0.5, 0.6) is 5.75 Å². The van der Waals surface area contributed by atoms with E-state index in [9.17, 15) is 4.79 Å². The van der Waals surface area contributed by atoms with Gasteiger partial charge in [0.05, 0.1) is 24.1 Å². The first-order valence-corrected chi connectivity index (χ1v) is 8.24. The smallest absolute Gasteiger partial charge is 0.255 e. The van der Waals surface area contributed by atoms with Crippen LogP contribution in [0.2, 0.25) is 0 Å². The summed E-state index contributed by atoms with van der Waals surface area (Å²) < 4.78 is 13.0. The molecule has 130 valence electrons. The predicted molar refractivity (Wildman–Crippen MR) is 95.8 cm³/mol. The lowest BCUT2D eigenvalue weighted by atomic mass is 10.2. The van der Waals surface area contributed by atoms with Crippen LogP contribution >= 0.6 is 0 Å². The summed E-state index contributed by atoms with van der Waals surface area (Å²) in [6.07, 6.45) is 5.42. The van der Waals surface area contributed by atoms with Gasteiger partial charge in [0.15, 0.2) is 0 Å². The van der Waals surface area contributed by atoms with Gasteiger partial charge in [-0.05, 0) is 36.4 Å². The van der Waals surface area contributed by atoms with Gasteiger partial charge in [-0.2, -0.15) is 0 Å². The summed E-state index contributed by atoms with van der Waals surface area (Å²) in [4.78, 5) is 17.0. The van der Waals surface area contributed by atoms with Crippen LogP contribution in [-0.2, 0) is 13.2 Å². The van der Waals surface area contributed by atoms with E-state index in [0.29, 0.717) is 23.6 Å². The summed E-state index contributed by atoms with van der Waals surface area (Å²) in [5.74, 6) is 0.995. The van der Waals surface area contributed by atoms with Crippen molar-refractivity contribution < 1.29 is 13.9 Å². The van der Waals surface area contributed by atoms with Gasteiger partial charge >= 0.3 is 0 Å². The standard InChI is InChI=1S/C20H17N3O3/c24-20(21-12-16-6-5-11-25-16)17-7-1-2-8-18(17)26-14-15-13-23-10-4-3-9-19(23)22-15/h1-11,13H,12,14H2,(H,21,24). The Morgan fingerprint density at radius 1 is 1.12 bits per heavy atom. The second-order valence-electron chi connectivity index (χ2n) is 5.75. The molecule has 1 aromatic carbocycles. The van der Waals surface area contributed by atoms with Crippen molar-refractivity contribution in [2.75, 3.05) is 0 Å². The molecule has 0 saturated carbocycles. The first-order valence-electron chi connectivity index (χ1n) is 8.24. The molecule has 0 saturated heterocycles. The quantitative estimate of drug-likeness (QED) is 0.580. The molecule has 0 spiro atoms. The number of rotatable bonds is 6. The van der Waals surface area contributed by atoms with Gasteiger partial charge in [-0.1, -0.05) is 18.2 Å². The molecule has 6 heteroatoms. The lowest BCUT2D eigenvalue weighted by Crippen LogP contribution is -2.23. The highest BCUT2D eigenvalue weighted by molar-refractivity contribution is 5.96. The zero-order valence-corrected chi connectivity index (χ0v) is 14.0. The van der Waals surface area contributed by atoms with E-state index < -0.39 is 0 Å². The number of aromatic nitrogens is 2. The molecular formula is C20H17N3O3. The Morgan fingerprint density at radius 3 is 2.85 bits per heavy atom. The molecular weight excluding hydrogens is 330 g/mol. The number of para-hydroxylation sites is 1. The number of hydrogen-bond donors (Lipinski definition) is 1. The number of pyridine rings is 1. The van der Waals surface area contributed by atoms with Crippen molar-refractivity contribution in [2.24, 2.45) is 0 Å². The fraction of sp³-hybridized carbons (Fsp3) is 0.100. The highest BCUT2D eigenvalue weighted by Crippen LogP contribution is 2.19. The number of amides is 1. The number of carbonyl (C=O) groups excluding carboxylic acids is 1. The molecule has 26 heavy (non-hydrogen) atoms. The summed E-state index contributed by atoms with van der Waals surface area (Å²) in [7, 11) is 0. The summed E-state index contributed by atoms with van der Waals surface area (Å²) in [5.41, 5.74) is 2.13. The van der Waals surface area contributed by atoms with Crippen LogP contribution in [0, 0.1) is 0 Å². The third-order valence-corrected chi connectivity index (χ3v) is 3.92. The average Bonchev–Trinajstić information content (AvgIpc) is 3.33. The van der Waals surface area contributed by atoms with Crippen molar-refractivity contribution in [1.29, 1.82) is 0 Å². The second-order valence-corrected chi connectivity index (χ2v) is 5.75. The van der Waals surface area contributed by atoms with Crippen molar-refractivity contribution in [3.8, 4) is 5.75 Å². The van der Waals surface area contributed by atoms with Crippen LogP contribution in [-0.4, -0.2) is 15.3 Å². The summed E-state index contributed by atoms with van der Waals surface area (Å²) in [5, 5.41) is 2.83. The number of nitrogens with one attached hydrogen (secondary N) is 1. The van der Waals surface area contributed by atoms with E-state index >= 15 is 0 Å². The Hall–Kier alpha value is -3.54. The van der Waals surface area contributed by atoms with Crippen LogP contribution in [0.1, 0.15) is 21.8 Å². The van der Waals surface area contributed by atoms with E-state index in [4.69, 9.17) is 9.15 Å². The summed E-state index contributed by atoms with van der Waals surface area (Å²) >= 11 is 0. The van der Waals surface area contributed by atoms with Crippen molar-refractivity contribution in [3.05, 3.63) is 90.3 Å². The minimum Gasteiger partial charge on any atom is -0.486 e. The number of imidazole rings is 1. The fourth-order valence-electron chi connectivity index (χ4n) is 2.66. The fourth-order valence-corrected chi connectivity index (χ4v) is 2.66. The van der Waals surface area contributed by atoms with Crippen LogP contribution < -0.4 is 10.1 Å². The highest BCUT2D eigenvalue weighted by atomic mass is 16.5. The maximum atomic E-state index is 12.5. The molecule has 4 aromatic rings. The first-order chi connectivity index (χ1) is 12.8. The van der Waals surface area contributed by atoms with Crippen molar-refractivity contribution >= 4 is 11.6 Å². The minimum absolute atomic E-state index is 0.216. The van der Waals surface area contributed by atoms with E-state index in [1.165, 1.54) is 0 Å². The molecule has 0 radical (unpaired) electrons. The van der Waals surface area contributed by atoms with Gasteiger partial charge in [-0.3, -0.25) is 4.79 Å². The molecule has 0 fully saturated rings. The monoisotopic (exact) mass is 347 g/mol. The topological polar surface area (TPSA) is 68.8 Å². The maximum Gasteiger partial charge on any atom is 0.255 e. The van der Waals surface area contributed by atoms with Crippen molar-refractivity contribution in [2.45, 2.75) is 13.2 Å². The number of carbonyl (C=O) groups is 1. The van der Waals surface area contributed by atoms with Crippen LogP contribution in [0.3, 0.4) is 0 Å². The molecule has 0 atom stereocenters. The third kappa shape index (κ3) is 3.44. The molecule has 3 heterocycles. The molecule has 0 aliphatic carbocycles. The number of fused-ring (bicyclic) bond motifs is 1. The molecule has 0 unspecified atom stereocenters. The van der Waals surface area contributed by atoms with Gasteiger partial charge in [0.25, 0.3) is 5.91 Å².